The second kappa shape index (κ2) is 8.76. The number of aliphatic imine (C=N–C) groups is 1. The molecule has 0 radical (unpaired) electrons. The molecule has 0 saturated carbocycles. The first kappa shape index (κ1) is 20.9. The zero-order valence-electron chi connectivity index (χ0n) is 16.7. The first-order valence-corrected chi connectivity index (χ1v) is 11.5. The summed E-state index contributed by atoms with van der Waals surface area (Å²) in [6.45, 7) is 0.345. The van der Waals surface area contributed by atoms with Crippen LogP contribution in [0.4, 0.5) is 5.69 Å². The van der Waals surface area contributed by atoms with Gasteiger partial charge in [-0.25, -0.2) is 13.2 Å². The largest absolute Gasteiger partial charge is 0.420 e. The third kappa shape index (κ3) is 4.85. The first-order chi connectivity index (χ1) is 14.9. The average molecular weight is 442 g/mol. The van der Waals surface area contributed by atoms with Gasteiger partial charge in [-0.05, 0) is 43.2 Å². The maximum absolute atomic E-state index is 12.7. The van der Waals surface area contributed by atoms with E-state index in [4.69, 9.17) is 4.42 Å². The summed E-state index contributed by atoms with van der Waals surface area (Å²) in [5.74, 6) is -0.663. The minimum Gasteiger partial charge on any atom is -0.408 e. The van der Waals surface area contributed by atoms with Crippen LogP contribution < -0.4 is 15.8 Å². The normalized spacial score (nSPS) is 14.6. The van der Waals surface area contributed by atoms with E-state index in [9.17, 15) is 18.0 Å². The Labute approximate surface area is 178 Å². The number of hydrogen-bond acceptors (Lipinski definition) is 6. The number of aromatic nitrogens is 1. The Kier molecular flexibility index (Phi) is 5.90. The molecular formula is C21H22N4O5S. The van der Waals surface area contributed by atoms with Gasteiger partial charge in [0, 0.05) is 18.7 Å². The van der Waals surface area contributed by atoms with Crippen LogP contribution in [-0.2, 0) is 21.4 Å². The number of para-hydroxylation sites is 2. The molecule has 31 heavy (non-hydrogen) atoms. The maximum Gasteiger partial charge on any atom is 0.420 e. The van der Waals surface area contributed by atoms with Gasteiger partial charge >= 0.3 is 5.76 Å². The van der Waals surface area contributed by atoms with Crippen molar-refractivity contribution in [2.45, 2.75) is 37.1 Å². The Bertz CT molecular complexity index is 1310. The van der Waals surface area contributed by atoms with Gasteiger partial charge in [-0.2, -0.15) is 0 Å². The summed E-state index contributed by atoms with van der Waals surface area (Å²) >= 11 is 0. The number of carbonyl (C=O) groups is 1. The number of oxazole rings is 1. The van der Waals surface area contributed by atoms with E-state index >= 15 is 0 Å². The highest BCUT2D eigenvalue weighted by molar-refractivity contribution is 7.90. The van der Waals surface area contributed by atoms with Crippen LogP contribution in [0.25, 0.3) is 11.1 Å². The molecule has 0 spiro atoms. The van der Waals surface area contributed by atoms with E-state index < -0.39 is 21.7 Å². The maximum atomic E-state index is 12.7. The summed E-state index contributed by atoms with van der Waals surface area (Å²) < 4.78 is 34.4. The highest BCUT2D eigenvalue weighted by Gasteiger charge is 2.18. The van der Waals surface area contributed by atoms with Gasteiger partial charge in [0.1, 0.15) is 12.4 Å². The van der Waals surface area contributed by atoms with Crippen LogP contribution >= 0.6 is 0 Å². The van der Waals surface area contributed by atoms with E-state index in [0.29, 0.717) is 35.6 Å². The number of amidine groups is 1. The standard InChI is InChI=1S/C21H22N4O5S/c26-20(14-25-17-9-3-4-10-18(17)30-21(25)27)23-15-7-6-8-16(13-15)31(28,29)24-19-11-2-1-5-12-22-19/h3-4,6-10,13H,1-2,5,11-12,14H2,(H,22,24)(H,23,26). The quantitative estimate of drug-likeness (QED) is 0.628. The molecule has 1 aliphatic heterocycles. The molecule has 0 fully saturated rings. The molecule has 2 aromatic carbocycles. The minimum atomic E-state index is -3.82. The zero-order valence-corrected chi connectivity index (χ0v) is 17.5. The van der Waals surface area contributed by atoms with Crippen molar-refractivity contribution in [3.8, 4) is 0 Å². The smallest absolute Gasteiger partial charge is 0.408 e. The van der Waals surface area contributed by atoms with Crippen LogP contribution in [0, 0.1) is 0 Å². The fraction of sp³-hybridized carbons (Fsp3) is 0.286. The molecule has 0 saturated heterocycles. The van der Waals surface area contributed by atoms with Crippen molar-refractivity contribution in [2.75, 3.05) is 11.9 Å². The molecule has 0 aliphatic carbocycles. The molecule has 2 heterocycles. The number of benzene rings is 2. The van der Waals surface area contributed by atoms with Crippen LogP contribution in [0.3, 0.4) is 0 Å². The number of nitrogens with one attached hydrogen (secondary N) is 2. The van der Waals surface area contributed by atoms with Crippen molar-refractivity contribution in [2.24, 2.45) is 4.99 Å². The summed E-state index contributed by atoms with van der Waals surface area (Å²) in [4.78, 5) is 28.9. The molecule has 2 N–H and O–H groups in total. The van der Waals surface area contributed by atoms with E-state index in [2.05, 4.69) is 15.0 Å². The summed E-state index contributed by atoms with van der Waals surface area (Å²) in [6, 6.07) is 12.7. The lowest BCUT2D eigenvalue weighted by atomic mass is 10.2. The third-order valence-corrected chi connectivity index (χ3v) is 6.31. The third-order valence-electron chi connectivity index (χ3n) is 4.93. The van der Waals surface area contributed by atoms with Gasteiger partial charge in [-0.1, -0.05) is 24.6 Å². The molecule has 0 atom stereocenters. The van der Waals surface area contributed by atoms with Crippen molar-refractivity contribution in [3.05, 3.63) is 59.1 Å². The molecular weight excluding hydrogens is 420 g/mol. The van der Waals surface area contributed by atoms with E-state index in [1.54, 1.807) is 36.4 Å². The highest BCUT2D eigenvalue weighted by Crippen LogP contribution is 2.17. The molecule has 9 nitrogen and oxygen atoms in total. The van der Waals surface area contributed by atoms with Crippen LogP contribution in [0.1, 0.15) is 25.7 Å². The Morgan fingerprint density at radius 3 is 2.81 bits per heavy atom. The molecule has 3 aromatic rings. The number of anilines is 1. The average Bonchev–Trinajstić information content (AvgIpc) is 2.89. The van der Waals surface area contributed by atoms with Crippen molar-refractivity contribution in [1.82, 2.24) is 9.29 Å². The second-order valence-corrected chi connectivity index (χ2v) is 8.92. The van der Waals surface area contributed by atoms with Crippen LogP contribution in [0.2, 0.25) is 0 Å². The fourth-order valence-corrected chi connectivity index (χ4v) is 4.55. The Morgan fingerprint density at radius 1 is 1.10 bits per heavy atom. The fourth-order valence-electron chi connectivity index (χ4n) is 3.42. The molecule has 0 unspecified atom stereocenters. The monoisotopic (exact) mass is 442 g/mol. The number of hydrogen-bond donors (Lipinski definition) is 2. The predicted molar refractivity (Wildman–Crippen MR) is 117 cm³/mol. The zero-order chi connectivity index (χ0) is 21.8. The van der Waals surface area contributed by atoms with Gasteiger partial charge in [0.05, 0.1) is 10.4 Å². The number of sulfonamides is 1. The van der Waals surface area contributed by atoms with Crippen molar-refractivity contribution >= 4 is 38.6 Å². The molecule has 1 aliphatic rings. The molecule has 1 amide bonds. The second-order valence-electron chi connectivity index (χ2n) is 7.24. The molecule has 1 aromatic heterocycles. The number of carbonyl (C=O) groups excluding carboxylic acids is 1. The van der Waals surface area contributed by atoms with E-state index in [-0.39, 0.29) is 11.4 Å². The molecule has 0 bridgehead atoms. The minimum absolute atomic E-state index is 0.0168. The number of amides is 1. The Balaban J connectivity index is 1.49. The van der Waals surface area contributed by atoms with Crippen molar-refractivity contribution < 1.29 is 17.6 Å². The first-order valence-electron chi connectivity index (χ1n) is 9.97. The summed E-state index contributed by atoms with van der Waals surface area (Å²) in [6.07, 6.45) is 3.44. The molecule has 162 valence electrons. The number of nitrogens with zero attached hydrogens (tertiary/aromatic N) is 2. The van der Waals surface area contributed by atoms with Gasteiger partial charge in [0.25, 0.3) is 10.0 Å². The van der Waals surface area contributed by atoms with E-state index in [0.717, 1.165) is 19.3 Å². The molecule has 10 heteroatoms. The van der Waals surface area contributed by atoms with Crippen LogP contribution in [0.5, 0.6) is 0 Å². The van der Waals surface area contributed by atoms with E-state index in [1.807, 2.05) is 0 Å². The van der Waals surface area contributed by atoms with Gasteiger partial charge < -0.3 is 9.73 Å². The predicted octanol–water partition coefficient (Wildman–Crippen LogP) is 2.48. The lowest BCUT2D eigenvalue weighted by Crippen LogP contribution is -2.30. The van der Waals surface area contributed by atoms with E-state index in [1.165, 1.54) is 16.7 Å². The van der Waals surface area contributed by atoms with Crippen molar-refractivity contribution in [1.29, 1.82) is 0 Å². The summed E-state index contributed by atoms with van der Waals surface area (Å²) in [7, 11) is -3.82. The number of fused-ring (bicyclic) bond motifs is 1. The Morgan fingerprint density at radius 2 is 1.94 bits per heavy atom. The lowest BCUT2D eigenvalue weighted by Gasteiger charge is -2.11. The molecule has 4 rings (SSSR count). The van der Waals surface area contributed by atoms with Gasteiger partial charge in [0.2, 0.25) is 5.91 Å². The van der Waals surface area contributed by atoms with Gasteiger partial charge in [-0.3, -0.25) is 19.1 Å². The summed E-state index contributed by atoms with van der Waals surface area (Å²) in [5, 5.41) is 2.64. The van der Waals surface area contributed by atoms with Crippen LogP contribution in [0.15, 0.2) is 67.6 Å². The highest BCUT2D eigenvalue weighted by atomic mass is 32.2. The Hall–Kier alpha value is -3.40. The van der Waals surface area contributed by atoms with Gasteiger partial charge in [-0.15, -0.1) is 0 Å². The SMILES string of the molecule is O=C(Cn1c(=O)oc2ccccc21)Nc1cccc(S(=O)(=O)NC2=NCCCCC2)c1. The van der Waals surface area contributed by atoms with Gasteiger partial charge in [0.15, 0.2) is 5.58 Å². The summed E-state index contributed by atoms with van der Waals surface area (Å²) in [5.41, 5.74) is 1.20. The van der Waals surface area contributed by atoms with Crippen LogP contribution in [-0.4, -0.2) is 31.3 Å². The van der Waals surface area contributed by atoms with Crippen molar-refractivity contribution in [3.63, 3.8) is 0 Å². The topological polar surface area (TPSA) is 123 Å². The number of rotatable bonds is 5. The lowest BCUT2D eigenvalue weighted by molar-refractivity contribution is -0.116.